The second-order valence-corrected chi connectivity index (χ2v) is 11.0. The summed E-state index contributed by atoms with van der Waals surface area (Å²) >= 11 is 0. The van der Waals surface area contributed by atoms with Crippen LogP contribution in [0.5, 0.6) is 0 Å². The molecule has 0 spiro atoms. The minimum atomic E-state index is 0. The zero-order valence-electron chi connectivity index (χ0n) is 18.5. The molecule has 0 saturated heterocycles. The second kappa shape index (κ2) is 50.3. The molecule has 0 aliphatic heterocycles. The van der Waals surface area contributed by atoms with Gasteiger partial charge >= 0.3 is 0 Å². The molecule has 0 aromatic heterocycles. The number of carbonyl (C=O) groups excluding carboxylic acids is 3. The van der Waals surface area contributed by atoms with Crippen molar-refractivity contribution in [2.45, 2.75) is 80.1 Å². The van der Waals surface area contributed by atoms with Crippen molar-refractivity contribution in [3.05, 3.63) is 0 Å². The number of hydrogen-bond donors (Lipinski definition) is 0. The SMILES string of the molecule is CCCP(CCC)CCC.CCCP(CCC)CCC.[C]=O.[C]=O.[C]=O.[Fe]. The van der Waals surface area contributed by atoms with Crippen LogP contribution in [-0.2, 0) is 31.5 Å². The molecule has 27 heavy (non-hydrogen) atoms. The number of rotatable bonds is 12. The van der Waals surface area contributed by atoms with Crippen LogP contribution in [0.1, 0.15) is 80.1 Å². The molecule has 3 nitrogen and oxygen atoms in total. The molecular formula is C21H42FeO3P2. The van der Waals surface area contributed by atoms with Gasteiger partial charge in [-0.3, -0.25) is 14.4 Å². The average molecular weight is 460 g/mol. The van der Waals surface area contributed by atoms with E-state index in [-0.39, 0.29) is 17.1 Å². The van der Waals surface area contributed by atoms with Gasteiger partial charge in [-0.1, -0.05) is 80.1 Å². The molecule has 6 radical (unpaired) electrons. The van der Waals surface area contributed by atoms with Gasteiger partial charge in [-0.15, -0.1) is 15.8 Å². The topological polar surface area (TPSA) is 51.2 Å². The molecular weight excluding hydrogens is 418 g/mol. The largest absolute Gasteiger partial charge is 0.281 e. The van der Waals surface area contributed by atoms with Gasteiger partial charge in [0.05, 0.1) is 0 Å². The first kappa shape index (κ1) is 41.7. The van der Waals surface area contributed by atoms with E-state index in [1.54, 1.807) is 0 Å². The Labute approximate surface area is 184 Å². The zero-order chi connectivity index (χ0) is 21.6. The Morgan fingerprint density at radius 1 is 0.407 bits per heavy atom. The molecule has 0 aliphatic carbocycles. The van der Waals surface area contributed by atoms with Crippen LogP contribution in [0, 0.1) is 0 Å². The molecule has 0 saturated carbocycles. The summed E-state index contributed by atoms with van der Waals surface area (Å²) in [6.07, 6.45) is 17.4. The third-order valence-corrected chi connectivity index (χ3v) is 9.72. The average Bonchev–Trinajstić information content (AvgIpc) is 2.68. The van der Waals surface area contributed by atoms with E-state index < -0.39 is 0 Å². The molecule has 0 bridgehead atoms. The monoisotopic (exact) mass is 460 g/mol. The van der Waals surface area contributed by atoms with E-state index in [1.807, 2.05) is 0 Å². The van der Waals surface area contributed by atoms with Crippen molar-refractivity contribution in [3.8, 4) is 0 Å². The third kappa shape index (κ3) is 46.4. The molecule has 0 aromatic carbocycles. The molecule has 0 unspecified atom stereocenters. The van der Waals surface area contributed by atoms with Gasteiger partial charge in [0.25, 0.3) is 20.4 Å². The summed E-state index contributed by atoms with van der Waals surface area (Å²) in [6.45, 7) is 27.3. The Morgan fingerprint density at radius 3 is 0.593 bits per heavy atom. The summed E-state index contributed by atoms with van der Waals surface area (Å²) in [7, 11) is 0.878. The van der Waals surface area contributed by atoms with E-state index in [0.29, 0.717) is 15.8 Å². The summed E-state index contributed by atoms with van der Waals surface area (Å²) in [5.74, 6) is 0. The van der Waals surface area contributed by atoms with Crippen molar-refractivity contribution in [3.63, 3.8) is 0 Å². The second-order valence-electron chi connectivity index (χ2n) is 5.68. The third-order valence-electron chi connectivity index (χ3n) is 3.24. The molecule has 0 fully saturated rings. The van der Waals surface area contributed by atoms with Crippen molar-refractivity contribution in [2.24, 2.45) is 0 Å². The van der Waals surface area contributed by atoms with Crippen molar-refractivity contribution in [2.75, 3.05) is 37.0 Å². The van der Waals surface area contributed by atoms with Crippen LogP contribution in [0.25, 0.3) is 0 Å². The molecule has 6 heteroatoms. The molecule has 0 rings (SSSR count). The van der Waals surface area contributed by atoms with Gasteiger partial charge in [-0.05, 0) is 37.0 Å². The maximum Gasteiger partial charge on any atom is 0.281 e. The van der Waals surface area contributed by atoms with Crippen molar-refractivity contribution in [1.82, 2.24) is 0 Å². The summed E-state index contributed by atoms with van der Waals surface area (Å²) in [5.41, 5.74) is 0. The van der Waals surface area contributed by atoms with Gasteiger partial charge in [0.1, 0.15) is 0 Å². The van der Waals surface area contributed by atoms with Crippen LogP contribution in [0.2, 0.25) is 0 Å². The quantitative estimate of drug-likeness (QED) is 0.257. The molecule has 0 amide bonds. The fraction of sp³-hybridized carbons (Fsp3) is 0.857. The Hall–Kier alpha value is 0.389. The fourth-order valence-corrected chi connectivity index (χ4v) is 7.70. The van der Waals surface area contributed by atoms with E-state index in [9.17, 15) is 0 Å². The van der Waals surface area contributed by atoms with Gasteiger partial charge in [0.15, 0.2) is 0 Å². The van der Waals surface area contributed by atoms with Crippen LogP contribution < -0.4 is 0 Å². The summed E-state index contributed by atoms with van der Waals surface area (Å²) < 4.78 is 0. The Kier molecular flexibility index (Phi) is 77.7. The van der Waals surface area contributed by atoms with E-state index >= 15 is 0 Å². The van der Waals surface area contributed by atoms with Crippen molar-refractivity contribution < 1.29 is 31.5 Å². The Bertz CT molecular complexity index is 163. The van der Waals surface area contributed by atoms with E-state index in [1.165, 1.54) is 75.5 Å². The maximum atomic E-state index is 7.50. The van der Waals surface area contributed by atoms with Crippen LogP contribution in [0.4, 0.5) is 0 Å². The van der Waals surface area contributed by atoms with Gasteiger partial charge in [0.2, 0.25) is 0 Å². The van der Waals surface area contributed by atoms with Crippen LogP contribution >= 0.6 is 15.8 Å². The fourth-order valence-electron chi connectivity index (χ4n) is 2.57. The molecule has 0 aliphatic rings. The van der Waals surface area contributed by atoms with Gasteiger partial charge < -0.3 is 0 Å². The summed E-state index contributed by atoms with van der Waals surface area (Å²) in [4.78, 5) is 22.5. The van der Waals surface area contributed by atoms with E-state index in [0.717, 1.165) is 0 Å². The van der Waals surface area contributed by atoms with E-state index in [4.69, 9.17) is 14.4 Å². The van der Waals surface area contributed by atoms with Crippen LogP contribution in [0.3, 0.4) is 0 Å². The summed E-state index contributed by atoms with van der Waals surface area (Å²) in [5, 5.41) is 0. The first-order valence-electron chi connectivity index (χ1n) is 9.75. The van der Waals surface area contributed by atoms with Crippen LogP contribution in [0.15, 0.2) is 0 Å². The standard InChI is InChI=1S/2C9H21P.3CO.Fe/c2*1-4-7-10(8-5-2)9-6-3;3*1-2;/h2*4-9H2,1-3H3;;;;. The van der Waals surface area contributed by atoms with Crippen molar-refractivity contribution >= 4 is 36.2 Å². The molecule has 0 aromatic rings. The minimum Gasteiger partial charge on any atom is -0.281 e. The Morgan fingerprint density at radius 2 is 0.519 bits per heavy atom. The predicted octanol–water partition coefficient (Wildman–Crippen LogP) is 6.20. The zero-order valence-corrected chi connectivity index (χ0v) is 21.4. The molecule has 0 N–H and O–H groups in total. The van der Waals surface area contributed by atoms with Crippen LogP contribution in [-0.4, -0.2) is 57.3 Å². The number of hydrogen-bond acceptors (Lipinski definition) is 3. The van der Waals surface area contributed by atoms with Gasteiger partial charge in [-0.2, -0.15) is 0 Å². The van der Waals surface area contributed by atoms with Crippen molar-refractivity contribution in [1.29, 1.82) is 0 Å². The van der Waals surface area contributed by atoms with Gasteiger partial charge in [-0.25, -0.2) is 0 Å². The minimum absolute atomic E-state index is 0. The molecule has 0 atom stereocenters. The molecule has 162 valence electrons. The first-order valence-corrected chi connectivity index (χ1v) is 13.5. The van der Waals surface area contributed by atoms with E-state index in [2.05, 4.69) is 61.9 Å². The maximum absolute atomic E-state index is 7.50. The smallest absolute Gasteiger partial charge is 0.281 e. The predicted molar refractivity (Wildman–Crippen MR) is 122 cm³/mol. The van der Waals surface area contributed by atoms with Gasteiger partial charge in [0, 0.05) is 17.1 Å². The molecule has 0 heterocycles. The first-order chi connectivity index (χ1) is 12.7. The normalized spacial score (nSPS) is 8.44. The Balaban J connectivity index is -0.0000000619. The summed E-state index contributed by atoms with van der Waals surface area (Å²) in [6, 6.07) is 0.